The van der Waals surface area contributed by atoms with Crippen LogP contribution in [0.15, 0.2) is 30.5 Å². The van der Waals surface area contributed by atoms with E-state index in [1.54, 1.807) is 0 Å². The summed E-state index contributed by atoms with van der Waals surface area (Å²) in [5.41, 5.74) is 4.94. The Morgan fingerprint density at radius 1 is 1.39 bits per heavy atom. The van der Waals surface area contributed by atoms with E-state index in [1.807, 2.05) is 13.1 Å². The van der Waals surface area contributed by atoms with Crippen LogP contribution in [0, 0.1) is 0 Å². The predicted molar refractivity (Wildman–Crippen MR) is 71.4 cm³/mol. The van der Waals surface area contributed by atoms with Crippen molar-refractivity contribution in [3.05, 3.63) is 41.6 Å². The first kappa shape index (κ1) is 10.1. The van der Waals surface area contributed by atoms with Crippen molar-refractivity contribution in [2.75, 3.05) is 13.6 Å². The first-order valence-electron chi connectivity index (χ1n) is 6.28. The van der Waals surface area contributed by atoms with E-state index in [0.29, 0.717) is 12.6 Å². The van der Waals surface area contributed by atoms with Crippen LogP contribution in [0.2, 0.25) is 0 Å². The van der Waals surface area contributed by atoms with Crippen LogP contribution in [0.5, 0.6) is 0 Å². The Labute approximate surface area is 105 Å². The van der Waals surface area contributed by atoms with Crippen LogP contribution in [0.1, 0.15) is 11.1 Å². The average Bonchev–Trinajstić information content (AvgIpc) is 2.76. The summed E-state index contributed by atoms with van der Waals surface area (Å²) < 4.78 is 0. The van der Waals surface area contributed by atoms with Crippen molar-refractivity contribution in [3.63, 3.8) is 0 Å². The summed E-state index contributed by atoms with van der Waals surface area (Å²) in [6.07, 6.45) is 4.94. The van der Waals surface area contributed by atoms with Gasteiger partial charge in [0, 0.05) is 23.1 Å². The molecule has 2 heterocycles. The zero-order valence-corrected chi connectivity index (χ0v) is 10.2. The number of ketones is 1. The molecule has 1 aliphatic carbocycles. The molecule has 4 rings (SSSR count). The third-order valence-electron chi connectivity index (χ3n) is 4.12. The molecule has 1 atom stereocenters. The predicted octanol–water partition coefficient (Wildman–Crippen LogP) is 1.99. The van der Waals surface area contributed by atoms with Crippen LogP contribution < -0.4 is 0 Å². The maximum absolute atomic E-state index is 11.8. The third-order valence-corrected chi connectivity index (χ3v) is 4.12. The Bertz CT molecular complexity index is 696. The molecule has 0 bridgehead atoms. The second kappa shape index (κ2) is 3.33. The number of fused-ring (bicyclic) bond motifs is 2. The largest absolute Gasteiger partial charge is 0.361 e. The van der Waals surface area contributed by atoms with E-state index in [1.165, 1.54) is 27.6 Å². The first-order chi connectivity index (χ1) is 8.74. The van der Waals surface area contributed by atoms with Crippen molar-refractivity contribution in [1.82, 2.24) is 9.88 Å². The lowest BCUT2D eigenvalue weighted by Gasteiger charge is -2.36. The molecule has 0 spiro atoms. The smallest absolute Gasteiger partial charge is 0.170 e. The van der Waals surface area contributed by atoms with Crippen molar-refractivity contribution in [1.29, 1.82) is 0 Å². The van der Waals surface area contributed by atoms with Gasteiger partial charge in [0.15, 0.2) is 5.78 Å². The molecule has 0 fully saturated rings. The van der Waals surface area contributed by atoms with Crippen LogP contribution in [0.4, 0.5) is 0 Å². The number of nitrogens with zero attached hydrogens (tertiary/aromatic N) is 1. The monoisotopic (exact) mass is 238 g/mol. The molecule has 0 amide bonds. The van der Waals surface area contributed by atoms with Crippen LogP contribution in [-0.2, 0) is 11.2 Å². The molecule has 90 valence electrons. The molecular formula is C15H14N2O. The highest BCUT2D eigenvalue weighted by atomic mass is 16.1. The number of nitrogens with one attached hydrogen (secondary N) is 1. The number of aromatic nitrogens is 1. The van der Waals surface area contributed by atoms with Crippen molar-refractivity contribution >= 4 is 22.3 Å². The number of benzene rings is 1. The van der Waals surface area contributed by atoms with Gasteiger partial charge in [-0.3, -0.25) is 9.69 Å². The highest BCUT2D eigenvalue weighted by Crippen LogP contribution is 2.39. The van der Waals surface area contributed by atoms with Crippen LogP contribution in [0.25, 0.3) is 16.5 Å². The fraction of sp³-hybridized carbons (Fsp3) is 0.267. The van der Waals surface area contributed by atoms with Crippen molar-refractivity contribution in [2.24, 2.45) is 0 Å². The minimum absolute atomic E-state index is 0.208. The number of hydrogen-bond donors (Lipinski definition) is 1. The molecule has 0 saturated heterocycles. The number of aromatic amines is 1. The fourth-order valence-electron chi connectivity index (χ4n) is 3.30. The van der Waals surface area contributed by atoms with Gasteiger partial charge in [-0.2, -0.15) is 0 Å². The molecule has 0 saturated carbocycles. The van der Waals surface area contributed by atoms with Gasteiger partial charge in [0.1, 0.15) is 0 Å². The Kier molecular flexibility index (Phi) is 1.87. The fourth-order valence-corrected chi connectivity index (χ4v) is 3.30. The van der Waals surface area contributed by atoms with Crippen LogP contribution in [-0.4, -0.2) is 35.3 Å². The zero-order chi connectivity index (χ0) is 12.3. The molecule has 18 heavy (non-hydrogen) atoms. The third kappa shape index (κ3) is 1.20. The van der Waals surface area contributed by atoms with E-state index in [9.17, 15) is 4.79 Å². The molecule has 1 aromatic heterocycles. The molecule has 3 heteroatoms. The average molecular weight is 238 g/mol. The highest BCUT2D eigenvalue weighted by Gasteiger charge is 2.32. The summed E-state index contributed by atoms with van der Waals surface area (Å²) in [7, 11) is 2.04. The summed E-state index contributed by atoms with van der Waals surface area (Å²) in [4.78, 5) is 17.3. The molecule has 2 aliphatic rings. The van der Waals surface area contributed by atoms with E-state index < -0.39 is 0 Å². The Balaban J connectivity index is 2.05. The van der Waals surface area contributed by atoms with Gasteiger partial charge in [-0.25, -0.2) is 0 Å². The van der Waals surface area contributed by atoms with Gasteiger partial charge in [0.05, 0.1) is 6.54 Å². The van der Waals surface area contributed by atoms with E-state index in [0.717, 1.165) is 6.42 Å². The van der Waals surface area contributed by atoms with Crippen molar-refractivity contribution in [2.45, 2.75) is 12.5 Å². The van der Waals surface area contributed by atoms with Crippen LogP contribution in [0.3, 0.4) is 0 Å². The Hall–Kier alpha value is -1.87. The maximum atomic E-state index is 11.8. The molecule has 1 aromatic carbocycles. The van der Waals surface area contributed by atoms with Gasteiger partial charge in [-0.05, 0) is 42.3 Å². The van der Waals surface area contributed by atoms with E-state index in [-0.39, 0.29) is 5.78 Å². The SMILES string of the molecule is CN1CC(=O)C=C2c3cccc4[nH]cc(c34)C[C@H]21. The number of rotatable bonds is 0. The summed E-state index contributed by atoms with van der Waals surface area (Å²) in [6.45, 7) is 0.532. The standard InChI is InChI=1S/C15H14N2O/c1-17-8-10(18)6-12-11-3-2-4-13-15(11)9(7-16-13)5-14(12)17/h2-4,6-7,14,16H,5,8H2,1H3/t14-/m1/s1. The quantitative estimate of drug-likeness (QED) is 0.762. The Morgan fingerprint density at radius 2 is 2.28 bits per heavy atom. The van der Waals surface area contributed by atoms with Gasteiger partial charge < -0.3 is 4.98 Å². The molecule has 1 N–H and O–H groups in total. The topological polar surface area (TPSA) is 36.1 Å². The zero-order valence-electron chi connectivity index (χ0n) is 10.2. The minimum atomic E-state index is 0.208. The van der Waals surface area contributed by atoms with Gasteiger partial charge in [-0.1, -0.05) is 12.1 Å². The first-order valence-corrected chi connectivity index (χ1v) is 6.28. The lowest BCUT2D eigenvalue weighted by Crippen LogP contribution is -2.42. The number of likely N-dealkylation sites (N-methyl/N-ethyl adjacent to an activating group) is 1. The molecule has 1 aliphatic heterocycles. The van der Waals surface area contributed by atoms with Gasteiger partial charge >= 0.3 is 0 Å². The maximum Gasteiger partial charge on any atom is 0.170 e. The Morgan fingerprint density at radius 3 is 3.17 bits per heavy atom. The summed E-state index contributed by atoms with van der Waals surface area (Å²) in [5, 5.41) is 1.29. The summed E-state index contributed by atoms with van der Waals surface area (Å²) >= 11 is 0. The molecule has 2 aromatic rings. The molecule has 0 unspecified atom stereocenters. The van der Waals surface area contributed by atoms with Gasteiger partial charge in [0.2, 0.25) is 0 Å². The van der Waals surface area contributed by atoms with Crippen molar-refractivity contribution < 1.29 is 4.79 Å². The van der Waals surface area contributed by atoms with Gasteiger partial charge in [0.25, 0.3) is 0 Å². The number of carbonyl (C=O) groups is 1. The van der Waals surface area contributed by atoms with E-state index >= 15 is 0 Å². The van der Waals surface area contributed by atoms with Gasteiger partial charge in [-0.15, -0.1) is 0 Å². The number of hydrogen-bond acceptors (Lipinski definition) is 2. The van der Waals surface area contributed by atoms with Crippen molar-refractivity contribution in [3.8, 4) is 0 Å². The molecular weight excluding hydrogens is 224 g/mol. The second-order valence-corrected chi connectivity index (χ2v) is 5.24. The number of H-pyrrole nitrogens is 1. The molecule has 3 nitrogen and oxygen atoms in total. The van der Waals surface area contributed by atoms with E-state index in [2.05, 4.69) is 34.3 Å². The number of carbonyl (C=O) groups excluding carboxylic acids is 1. The summed E-state index contributed by atoms with van der Waals surface area (Å²) in [6, 6.07) is 6.62. The normalized spacial score (nSPS) is 23.1. The van der Waals surface area contributed by atoms with E-state index in [4.69, 9.17) is 0 Å². The second-order valence-electron chi connectivity index (χ2n) is 5.24. The van der Waals surface area contributed by atoms with Crippen LogP contribution >= 0.6 is 0 Å². The minimum Gasteiger partial charge on any atom is -0.361 e. The summed E-state index contributed by atoms with van der Waals surface area (Å²) in [5.74, 6) is 0.208. The highest BCUT2D eigenvalue weighted by molar-refractivity contribution is 6.06. The lowest BCUT2D eigenvalue weighted by atomic mass is 9.82. The molecule has 0 radical (unpaired) electrons. The lowest BCUT2D eigenvalue weighted by molar-refractivity contribution is -0.116.